The lowest BCUT2D eigenvalue weighted by Crippen LogP contribution is -2.62. The molecular formula is C31H45F3N3O3. The van der Waals surface area contributed by atoms with Crippen LogP contribution in [0.4, 0.5) is 19.0 Å². The molecule has 0 spiro atoms. The SMILES string of the molecule is [CH2]C(C)C[C@H]1[C@@H](OC(C)=O)C(C)=C[C@@H]2[C@H]([C@@H](C)CN3CCN(c4ccc(C(F)(F)F)cn4)CC3)CC[C@@H](C)[C@@]21O. The van der Waals surface area contributed by atoms with Crippen LogP contribution in [0.25, 0.3) is 0 Å². The van der Waals surface area contributed by atoms with Crippen LogP contribution in [0.2, 0.25) is 0 Å². The van der Waals surface area contributed by atoms with Crippen molar-refractivity contribution in [1.29, 1.82) is 0 Å². The first kappa shape index (κ1) is 30.8. The average Bonchev–Trinajstić information content (AvgIpc) is 2.88. The Labute approximate surface area is 237 Å². The number of pyridine rings is 1. The van der Waals surface area contributed by atoms with Gasteiger partial charge < -0.3 is 14.7 Å². The van der Waals surface area contributed by atoms with E-state index in [1.165, 1.54) is 13.0 Å². The van der Waals surface area contributed by atoms with Crippen molar-refractivity contribution in [2.24, 2.45) is 35.5 Å². The van der Waals surface area contributed by atoms with Gasteiger partial charge in [0, 0.05) is 57.7 Å². The van der Waals surface area contributed by atoms with E-state index in [4.69, 9.17) is 4.74 Å². The molecule has 8 atom stereocenters. The summed E-state index contributed by atoms with van der Waals surface area (Å²) in [5.41, 5.74) is -0.696. The Morgan fingerprint density at radius 3 is 2.45 bits per heavy atom. The highest BCUT2D eigenvalue weighted by atomic mass is 19.4. The number of esters is 1. The summed E-state index contributed by atoms with van der Waals surface area (Å²) in [6.45, 7) is 18.0. The molecule has 1 saturated heterocycles. The van der Waals surface area contributed by atoms with Crippen molar-refractivity contribution in [2.75, 3.05) is 37.6 Å². The molecule has 0 amide bonds. The molecule has 4 rings (SSSR count). The highest BCUT2D eigenvalue weighted by molar-refractivity contribution is 5.66. The molecule has 1 aliphatic heterocycles. The van der Waals surface area contributed by atoms with Crippen molar-refractivity contribution in [1.82, 2.24) is 9.88 Å². The maximum atomic E-state index is 12.9. The van der Waals surface area contributed by atoms with Gasteiger partial charge in [-0.15, -0.1) is 0 Å². The van der Waals surface area contributed by atoms with Gasteiger partial charge in [0.25, 0.3) is 0 Å². The van der Waals surface area contributed by atoms with E-state index >= 15 is 0 Å². The van der Waals surface area contributed by atoms with Crippen LogP contribution in [0.3, 0.4) is 0 Å². The maximum Gasteiger partial charge on any atom is 0.417 e. The molecule has 1 aromatic rings. The van der Waals surface area contributed by atoms with Gasteiger partial charge in [-0.05, 0) is 67.6 Å². The number of piperazine rings is 1. The Morgan fingerprint density at radius 2 is 1.90 bits per heavy atom. The van der Waals surface area contributed by atoms with E-state index in [1.807, 2.05) is 18.7 Å². The van der Waals surface area contributed by atoms with Gasteiger partial charge in [0.2, 0.25) is 0 Å². The number of aromatic nitrogens is 1. The van der Waals surface area contributed by atoms with Gasteiger partial charge in [-0.1, -0.05) is 33.8 Å². The van der Waals surface area contributed by atoms with Crippen LogP contribution in [0.5, 0.6) is 0 Å². The highest BCUT2D eigenvalue weighted by Crippen LogP contribution is 2.55. The lowest BCUT2D eigenvalue weighted by atomic mass is 9.52. The molecule has 2 fully saturated rings. The van der Waals surface area contributed by atoms with Gasteiger partial charge in [0.05, 0.1) is 11.2 Å². The maximum absolute atomic E-state index is 12.9. The molecule has 1 N–H and O–H groups in total. The van der Waals surface area contributed by atoms with E-state index in [2.05, 4.69) is 36.7 Å². The number of hydrogen-bond donors (Lipinski definition) is 1. The van der Waals surface area contributed by atoms with E-state index in [0.29, 0.717) is 31.2 Å². The Kier molecular flexibility index (Phi) is 9.25. The third-order valence-electron chi connectivity index (χ3n) is 9.57. The molecular weight excluding hydrogens is 519 g/mol. The number of aliphatic hydroxyl groups is 1. The van der Waals surface area contributed by atoms with Crippen LogP contribution < -0.4 is 4.90 Å². The number of carbonyl (C=O) groups excluding carboxylic acids is 1. The van der Waals surface area contributed by atoms with Gasteiger partial charge in [0.1, 0.15) is 11.9 Å². The number of rotatable bonds is 7. The molecule has 1 unspecified atom stereocenters. The third kappa shape index (κ3) is 6.35. The number of hydrogen-bond acceptors (Lipinski definition) is 6. The normalized spacial score (nSPS) is 32.4. The predicted octanol–water partition coefficient (Wildman–Crippen LogP) is 5.62. The zero-order valence-corrected chi connectivity index (χ0v) is 24.5. The van der Waals surface area contributed by atoms with E-state index in [1.54, 1.807) is 0 Å². The highest BCUT2D eigenvalue weighted by Gasteiger charge is 2.58. The predicted molar refractivity (Wildman–Crippen MR) is 149 cm³/mol. The minimum Gasteiger partial charge on any atom is -0.458 e. The van der Waals surface area contributed by atoms with Crippen LogP contribution in [0.15, 0.2) is 30.0 Å². The summed E-state index contributed by atoms with van der Waals surface area (Å²) < 4.78 is 44.5. The summed E-state index contributed by atoms with van der Waals surface area (Å²) in [4.78, 5) is 20.5. The summed E-state index contributed by atoms with van der Waals surface area (Å²) in [5, 5.41) is 12.5. The van der Waals surface area contributed by atoms with Gasteiger partial charge in [-0.3, -0.25) is 9.69 Å². The van der Waals surface area contributed by atoms with E-state index in [0.717, 1.165) is 50.3 Å². The fraction of sp³-hybridized carbons (Fsp3) is 0.710. The van der Waals surface area contributed by atoms with Crippen molar-refractivity contribution in [3.05, 3.63) is 42.5 Å². The van der Waals surface area contributed by atoms with Gasteiger partial charge >= 0.3 is 12.1 Å². The second-order valence-corrected chi connectivity index (χ2v) is 12.6. The van der Waals surface area contributed by atoms with Gasteiger partial charge in [-0.2, -0.15) is 13.2 Å². The summed E-state index contributed by atoms with van der Waals surface area (Å²) in [5.74, 6) is 0.802. The van der Waals surface area contributed by atoms with Crippen molar-refractivity contribution in [3.8, 4) is 0 Å². The summed E-state index contributed by atoms with van der Waals surface area (Å²) in [7, 11) is 0. The van der Waals surface area contributed by atoms with Gasteiger partial charge in [-0.25, -0.2) is 4.98 Å². The lowest BCUT2D eigenvalue weighted by molar-refractivity contribution is -0.188. The van der Waals surface area contributed by atoms with Crippen LogP contribution >= 0.6 is 0 Å². The van der Waals surface area contributed by atoms with E-state index < -0.39 is 23.4 Å². The van der Waals surface area contributed by atoms with Gasteiger partial charge in [0.15, 0.2) is 0 Å². The molecule has 1 aromatic heterocycles. The first-order valence-corrected chi connectivity index (χ1v) is 14.6. The molecule has 223 valence electrons. The largest absolute Gasteiger partial charge is 0.458 e. The summed E-state index contributed by atoms with van der Waals surface area (Å²) >= 11 is 0. The van der Waals surface area contributed by atoms with Crippen LogP contribution in [0, 0.1) is 42.4 Å². The number of ether oxygens (including phenoxy) is 1. The van der Waals surface area contributed by atoms with Crippen molar-refractivity contribution < 1.29 is 27.8 Å². The first-order valence-electron chi connectivity index (χ1n) is 14.6. The fourth-order valence-corrected chi connectivity index (χ4v) is 7.51. The van der Waals surface area contributed by atoms with E-state index in [-0.39, 0.29) is 35.6 Å². The minimum atomic E-state index is -4.39. The molecule has 9 heteroatoms. The number of fused-ring (bicyclic) bond motifs is 1. The Bertz CT molecular complexity index is 1050. The molecule has 1 radical (unpaired) electrons. The van der Waals surface area contributed by atoms with Crippen molar-refractivity contribution in [2.45, 2.75) is 71.8 Å². The van der Waals surface area contributed by atoms with Crippen LogP contribution in [-0.2, 0) is 15.7 Å². The number of nitrogens with zero attached hydrogens (tertiary/aromatic N) is 3. The zero-order valence-electron chi connectivity index (χ0n) is 24.5. The van der Waals surface area contributed by atoms with Crippen LogP contribution in [-0.4, -0.2) is 65.4 Å². The number of halogens is 3. The summed E-state index contributed by atoms with van der Waals surface area (Å²) in [6, 6.07) is 2.55. The first-order chi connectivity index (χ1) is 18.7. The molecule has 0 aromatic carbocycles. The molecule has 3 aliphatic rings. The number of anilines is 1. The molecule has 2 heterocycles. The molecule has 0 bridgehead atoms. The molecule has 6 nitrogen and oxygen atoms in total. The average molecular weight is 565 g/mol. The zero-order chi connectivity index (χ0) is 29.4. The monoisotopic (exact) mass is 564 g/mol. The second kappa shape index (κ2) is 12.0. The van der Waals surface area contributed by atoms with Crippen molar-refractivity contribution >= 4 is 11.8 Å². The molecule has 2 aliphatic carbocycles. The third-order valence-corrected chi connectivity index (χ3v) is 9.57. The Morgan fingerprint density at radius 1 is 1.23 bits per heavy atom. The Hall–Kier alpha value is -2.13. The quantitative estimate of drug-likeness (QED) is 0.343. The molecule has 1 saturated carbocycles. The second-order valence-electron chi connectivity index (χ2n) is 12.6. The lowest BCUT2D eigenvalue weighted by Gasteiger charge is -2.57. The fourth-order valence-electron chi connectivity index (χ4n) is 7.51. The number of alkyl halides is 3. The number of carbonyl (C=O) groups is 1. The minimum absolute atomic E-state index is 0.0283. The molecule has 40 heavy (non-hydrogen) atoms. The summed E-state index contributed by atoms with van der Waals surface area (Å²) in [6.07, 6.45) is 0.888. The Balaban J connectivity index is 1.45. The van der Waals surface area contributed by atoms with Crippen LogP contribution in [0.1, 0.15) is 59.4 Å². The smallest absolute Gasteiger partial charge is 0.417 e. The topological polar surface area (TPSA) is 65.9 Å². The standard InChI is InChI=1S/C31H45F3N3O3/c1-19(2)15-27-29(40-23(6)38)20(3)16-26-25(9-7-22(5)30(26,27)39)21(4)18-36-11-13-37(14-12-36)28-10-8-24(17-35-28)31(32,33)34/h8,10,16-17,19,21-22,25-27,29,39H,1,7,9,11-15,18H2,2-6H3/t19?,21-,22+,25-,26+,27-,29-,30+/m0/s1. The van der Waals surface area contributed by atoms with E-state index in [9.17, 15) is 23.1 Å². The van der Waals surface area contributed by atoms with Crippen molar-refractivity contribution in [3.63, 3.8) is 0 Å².